The van der Waals surface area contributed by atoms with Gasteiger partial charge < -0.3 is 15.4 Å². The molecule has 0 spiro atoms. The summed E-state index contributed by atoms with van der Waals surface area (Å²) in [6, 6.07) is 9.14. The summed E-state index contributed by atoms with van der Waals surface area (Å²) in [5.74, 6) is 1.63. The number of nitrogens with zero attached hydrogens (tertiary/aromatic N) is 2. The molecule has 0 aliphatic carbocycles. The standard InChI is InChI=1S/C17H20N4O2/c1-4-10-18-17(22)15-11-16(20-12(3)19-15)21-13-6-8-14(9-7-13)23-5-2/h4,6-9,11H,1,5,10H2,2-3H3,(H,18,22)(H,19,20,21). The van der Waals surface area contributed by atoms with Gasteiger partial charge in [0.2, 0.25) is 0 Å². The molecule has 6 heteroatoms. The molecule has 0 unspecified atom stereocenters. The number of benzene rings is 1. The maximum Gasteiger partial charge on any atom is 0.270 e. The van der Waals surface area contributed by atoms with Crippen molar-refractivity contribution in [2.45, 2.75) is 13.8 Å². The molecule has 0 bridgehead atoms. The van der Waals surface area contributed by atoms with Crippen molar-refractivity contribution in [3.63, 3.8) is 0 Å². The molecule has 23 heavy (non-hydrogen) atoms. The zero-order valence-corrected chi connectivity index (χ0v) is 13.3. The van der Waals surface area contributed by atoms with Crippen molar-refractivity contribution in [1.82, 2.24) is 15.3 Å². The van der Waals surface area contributed by atoms with Crippen LogP contribution in [0.1, 0.15) is 23.2 Å². The Balaban J connectivity index is 2.14. The number of aromatic nitrogens is 2. The van der Waals surface area contributed by atoms with E-state index in [1.165, 1.54) is 0 Å². The van der Waals surface area contributed by atoms with Crippen LogP contribution in [0.4, 0.5) is 11.5 Å². The summed E-state index contributed by atoms with van der Waals surface area (Å²) in [7, 11) is 0. The molecule has 1 aromatic carbocycles. The SMILES string of the molecule is C=CCNC(=O)c1cc(Nc2ccc(OCC)cc2)nc(C)n1. The van der Waals surface area contributed by atoms with Crippen molar-refractivity contribution in [1.29, 1.82) is 0 Å². The fraction of sp³-hybridized carbons (Fsp3) is 0.235. The van der Waals surface area contributed by atoms with Gasteiger partial charge in [-0.25, -0.2) is 9.97 Å². The third-order valence-corrected chi connectivity index (χ3v) is 2.92. The number of amides is 1. The molecule has 2 rings (SSSR count). The van der Waals surface area contributed by atoms with Crippen LogP contribution in [0, 0.1) is 6.92 Å². The highest BCUT2D eigenvalue weighted by Crippen LogP contribution is 2.19. The van der Waals surface area contributed by atoms with Gasteiger partial charge >= 0.3 is 0 Å². The number of hydrogen-bond acceptors (Lipinski definition) is 5. The van der Waals surface area contributed by atoms with Gasteiger partial charge in [-0.2, -0.15) is 0 Å². The number of carbonyl (C=O) groups excluding carboxylic acids is 1. The highest BCUT2D eigenvalue weighted by atomic mass is 16.5. The molecule has 2 N–H and O–H groups in total. The van der Waals surface area contributed by atoms with Gasteiger partial charge in [-0.15, -0.1) is 6.58 Å². The van der Waals surface area contributed by atoms with E-state index in [-0.39, 0.29) is 5.91 Å². The van der Waals surface area contributed by atoms with E-state index in [1.807, 2.05) is 31.2 Å². The van der Waals surface area contributed by atoms with Crippen molar-refractivity contribution in [3.05, 3.63) is 54.5 Å². The van der Waals surface area contributed by atoms with Gasteiger partial charge in [0, 0.05) is 18.3 Å². The lowest BCUT2D eigenvalue weighted by Gasteiger charge is -2.09. The summed E-state index contributed by atoms with van der Waals surface area (Å²) >= 11 is 0. The second kappa shape index (κ2) is 7.93. The topological polar surface area (TPSA) is 76.1 Å². The average Bonchev–Trinajstić information content (AvgIpc) is 2.54. The molecule has 1 amide bonds. The van der Waals surface area contributed by atoms with Gasteiger partial charge in [0.1, 0.15) is 23.1 Å². The Morgan fingerprint density at radius 1 is 1.30 bits per heavy atom. The number of rotatable bonds is 7. The molecule has 0 atom stereocenters. The van der Waals surface area contributed by atoms with E-state index < -0.39 is 0 Å². The fourth-order valence-electron chi connectivity index (χ4n) is 1.95. The first-order chi connectivity index (χ1) is 11.1. The molecule has 0 aliphatic heterocycles. The van der Waals surface area contributed by atoms with Gasteiger partial charge in [-0.1, -0.05) is 6.08 Å². The van der Waals surface area contributed by atoms with E-state index in [0.29, 0.717) is 30.5 Å². The molecule has 1 heterocycles. The Morgan fingerprint density at radius 2 is 2.04 bits per heavy atom. The number of nitrogens with one attached hydrogen (secondary N) is 2. The van der Waals surface area contributed by atoms with Gasteiger partial charge in [0.15, 0.2) is 0 Å². The second-order valence-corrected chi connectivity index (χ2v) is 4.77. The van der Waals surface area contributed by atoms with Crippen LogP contribution >= 0.6 is 0 Å². The van der Waals surface area contributed by atoms with E-state index >= 15 is 0 Å². The van der Waals surface area contributed by atoms with Crippen molar-refractivity contribution in [2.75, 3.05) is 18.5 Å². The molecule has 0 radical (unpaired) electrons. The Morgan fingerprint density at radius 3 is 2.70 bits per heavy atom. The molecular weight excluding hydrogens is 292 g/mol. The van der Waals surface area contributed by atoms with Crippen LogP contribution in [0.5, 0.6) is 5.75 Å². The lowest BCUT2D eigenvalue weighted by atomic mass is 10.3. The zero-order valence-electron chi connectivity index (χ0n) is 13.3. The summed E-state index contributed by atoms with van der Waals surface area (Å²) in [5, 5.41) is 5.86. The monoisotopic (exact) mass is 312 g/mol. The minimum absolute atomic E-state index is 0.259. The van der Waals surface area contributed by atoms with E-state index in [1.54, 1.807) is 19.1 Å². The summed E-state index contributed by atoms with van der Waals surface area (Å²) in [5.41, 5.74) is 1.16. The van der Waals surface area contributed by atoms with Crippen LogP contribution in [0.2, 0.25) is 0 Å². The maximum absolute atomic E-state index is 12.0. The summed E-state index contributed by atoms with van der Waals surface area (Å²) in [6.45, 7) is 8.27. The second-order valence-electron chi connectivity index (χ2n) is 4.77. The lowest BCUT2D eigenvalue weighted by Crippen LogP contribution is -2.24. The number of ether oxygens (including phenoxy) is 1. The van der Waals surface area contributed by atoms with E-state index in [2.05, 4.69) is 27.2 Å². The molecule has 120 valence electrons. The quantitative estimate of drug-likeness (QED) is 0.769. The van der Waals surface area contributed by atoms with Crippen LogP contribution in [-0.4, -0.2) is 29.0 Å². The van der Waals surface area contributed by atoms with Crippen molar-refractivity contribution in [3.8, 4) is 5.75 Å². The first-order valence-electron chi connectivity index (χ1n) is 7.37. The zero-order chi connectivity index (χ0) is 16.7. The minimum Gasteiger partial charge on any atom is -0.494 e. The number of hydrogen-bond donors (Lipinski definition) is 2. The van der Waals surface area contributed by atoms with Crippen LogP contribution in [0.3, 0.4) is 0 Å². The minimum atomic E-state index is -0.259. The summed E-state index contributed by atoms with van der Waals surface area (Å²) in [4.78, 5) is 20.4. The molecule has 1 aromatic heterocycles. The third-order valence-electron chi connectivity index (χ3n) is 2.92. The molecule has 6 nitrogen and oxygen atoms in total. The van der Waals surface area contributed by atoms with Gasteiger partial charge in [-0.3, -0.25) is 4.79 Å². The molecular formula is C17H20N4O2. The van der Waals surface area contributed by atoms with Crippen LogP contribution < -0.4 is 15.4 Å². The Bertz CT molecular complexity index is 683. The summed E-state index contributed by atoms with van der Waals surface area (Å²) < 4.78 is 5.40. The number of anilines is 2. The lowest BCUT2D eigenvalue weighted by molar-refractivity contribution is 0.0952. The van der Waals surface area contributed by atoms with Crippen molar-refractivity contribution in [2.24, 2.45) is 0 Å². The van der Waals surface area contributed by atoms with Crippen LogP contribution in [-0.2, 0) is 0 Å². The molecule has 0 aliphatic rings. The Hall–Kier alpha value is -2.89. The average molecular weight is 312 g/mol. The third kappa shape index (κ3) is 4.81. The molecule has 2 aromatic rings. The van der Waals surface area contributed by atoms with Gasteiger partial charge in [0.05, 0.1) is 6.61 Å². The van der Waals surface area contributed by atoms with Gasteiger partial charge in [-0.05, 0) is 38.1 Å². The number of carbonyl (C=O) groups is 1. The Labute approximate surface area is 135 Å². The first-order valence-corrected chi connectivity index (χ1v) is 7.37. The highest BCUT2D eigenvalue weighted by molar-refractivity contribution is 5.93. The van der Waals surface area contributed by atoms with Crippen LogP contribution in [0.15, 0.2) is 43.0 Å². The van der Waals surface area contributed by atoms with Crippen molar-refractivity contribution < 1.29 is 9.53 Å². The maximum atomic E-state index is 12.0. The smallest absolute Gasteiger partial charge is 0.270 e. The van der Waals surface area contributed by atoms with Crippen LogP contribution in [0.25, 0.3) is 0 Å². The van der Waals surface area contributed by atoms with E-state index in [9.17, 15) is 4.79 Å². The molecule has 0 saturated heterocycles. The first kappa shape index (κ1) is 16.5. The van der Waals surface area contributed by atoms with Crippen molar-refractivity contribution >= 4 is 17.4 Å². The summed E-state index contributed by atoms with van der Waals surface area (Å²) in [6.07, 6.45) is 1.62. The number of aryl methyl sites for hydroxylation is 1. The van der Waals surface area contributed by atoms with E-state index in [4.69, 9.17) is 4.74 Å². The fourth-order valence-corrected chi connectivity index (χ4v) is 1.95. The Kier molecular flexibility index (Phi) is 5.68. The predicted octanol–water partition coefficient (Wildman–Crippen LogP) is 2.84. The van der Waals surface area contributed by atoms with Gasteiger partial charge in [0.25, 0.3) is 5.91 Å². The van der Waals surface area contributed by atoms with E-state index in [0.717, 1.165) is 11.4 Å². The molecule has 0 saturated carbocycles. The predicted molar refractivity (Wildman–Crippen MR) is 90.2 cm³/mol. The normalized spacial score (nSPS) is 10.0. The largest absolute Gasteiger partial charge is 0.494 e. The molecule has 0 fully saturated rings. The highest BCUT2D eigenvalue weighted by Gasteiger charge is 2.09.